The zero-order chi connectivity index (χ0) is 9.80. The van der Waals surface area contributed by atoms with Crippen molar-refractivity contribution in [3.8, 4) is 0 Å². The van der Waals surface area contributed by atoms with Crippen LogP contribution in [0.2, 0.25) is 0 Å². The first kappa shape index (κ1) is 10.4. The third-order valence-electron chi connectivity index (χ3n) is 3.54. The molecule has 3 heteroatoms. The lowest BCUT2D eigenvalue weighted by molar-refractivity contribution is 0.0514. The summed E-state index contributed by atoms with van der Waals surface area (Å²) < 4.78 is 5.38. The van der Waals surface area contributed by atoms with E-state index in [0.717, 1.165) is 25.2 Å². The summed E-state index contributed by atoms with van der Waals surface area (Å²) in [6.45, 7) is 5.58. The Hall–Kier alpha value is -0.120. The second-order valence-electron chi connectivity index (χ2n) is 4.64. The predicted molar refractivity (Wildman–Crippen MR) is 57.4 cm³/mol. The quantitative estimate of drug-likeness (QED) is 0.723. The van der Waals surface area contributed by atoms with Gasteiger partial charge in [-0.1, -0.05) is 0 Å². The molecule has 0 aliphatic carbocycles. The number of nitrogens with zero attached hydrogens (tertiary/aromatic N) is 1. The molecule has 0 aromatic carbocycles. The molecule has 2 saturated heterocycles. The fourth-order valence-corrected chi connectivity index (χ4v) is 2.50. The Balaban J connectivity index is 1.72. The van der Waals surface area contributed by atoms with E-state index >= 15 is 0 Å². The summed E-state index contributed by atoms with van der Waals surface area (Å²) in [5, 5.41) is 3.42. The summed E-state index contributed by atoms with van der Waals surface area (Å²) in [7, 11) is 2.27. The summed E-state index contributed by atoms with van der Waals surface area (Å²) in [6, 6.07) is 0.776. The second-order valence-corrected chi connectivity index (χ2v) is 4.64. The fourth-order valence-electron chi connectivity index (χ4n) is 2.50. The van der Waals surface area contributed by atoms with Crippen LogP contribution in [0.5, 0.6) is 0 Å². The van der Waals surface area contributed by atoms with Crippen molar-refractivity contribution in [2.24, 2.45) is 5.92 Å². The molecule has 2 fully saturated rings. The van der Waals surface area contributed by atoms with E-state index in [2.05, 4.69) is 17.3 Å². The molecule has 14 heavy (non-hydrogen) atoms. The summed E-state index contributed by atoms with van der Waals surface area (Å²) in [4.78, 5) is 2.54. The minimum absolute atomic E-state index is 0.776. The Morgan fingerprint density at radius 3 is 2.71 bits per heavy atom. The minimum atomic E-state index is 0.776. The van der Waals surface area contributed by atoms with Crippen molar-refractivity contribution in [1.82, 2.24) is 10.2 Å². The van der Waals surface area contributed by atoms with Crippen LogP contribution in [-0.4, -0.2) is 50.8 Å². The van der Waals surface area contributed by atoms with Crippen molar-refractivity contribution in [2.75, 3.05) is 39.9 Å². The summed E-state index contributed by atoms with van der Waals surface area (Å²) >= 11 is 0. The highest BCUT2D eigenvalue weighted by Gasteiger charge is 2.22. The van der Waals surface area contributed by atoms with Gasteiger partial charge in [0.05, 0.1) is 0 Å². The Morgan fingerprint density at radius 1 is 1.29 bits per heavy atom. The molecule has 2 heterocycles. The minimum Gasteiger partial charge on any atom is -0.381 e. The van der Waals surface area contributed by atoms with Gasteiger partial charge >= 0.3 is 0 Å². The third kappa shape index (κ3) is 2.69. The van der Waals surface area contributed by atoms with Crippen LogP contribution in [0.15, 0.2) is 0 Å². The molecule has 0 aromatic heterocycles. The molecule has 0 bridgehead atoms. The van der Waals surface area contributed by atoms with Gasteiger partial charge < -0.3 is 15.0 Å². The largest absolute Gasteiger partial charge is 0.381 e. The normalized spacial score (nSPS) is 30.0. The smallest absolute Gasteiger partial charge is 0.0469 e. The van der Waals surface area contributed by atoms with Crippen molar-refractivity contribution >= 4 is 0 Å². The van der Waals surface area contributed by atoms with Crippen molar-refractivity contribution in [2.45, 2.75) is 25.3 Å². The van der Waals surface area contributed by atoms with Gasteiger partial charge in [-0.15, -0.1) is 0 Å². The van der Waals surface area contributed by atoms with Gasteiger partial charge in [0.25, 0.3) is 0 Å². The number of hydrogen-bond donors (Lipinski definition) is 1. The van der Waals surface area contributed by atoms with Crippen molar-refractivity contribution in [3.05, 3.63) is 0 Å². The molecule has 0 unspecified atom stereocenters. The van der Waals surface area contributed by atoms with Crippen LogP contribution in [0.25, 0.3) is 0 Å². The maximum atomic E-state index is 5.38. The average Bonchev–Trinajstić information content (AvgIpc) is 2.72. The molecule has 0 aromatic rings. The molecule has 0 saturated carbocycles. The van der Waals surface area contributed by atoms with Crippen LogP contribution in [0.1, 0.15) is 19.3 Å². The standard InChI is InChI=1S/C11H22N2O/c1-13(11-2-5-12-8-11)9-10-3-6-14-7-4-10/h10-12H,2-9H2,1H3/t11-/m0/s1. The molecular formula is C11H22N2O. The van der Waals surface area contributed by atoms with Gasteiger partial charge in [0, 0.05) is 32.3 Å². The van der Waals surface area contributed by atoms with Crippen LogP contribution in [0, 0.1) is 5.92 Å². The maximum absolute atomic E-state index is 5.38. The molecule has 2 rings (SSSR count). The van der Waals surface area contributed by atoms with Gasteiger partial charge in [-0.05, 0) is 38.8 Å². The Morgan fingerprint density at radius 2 is 2.07 bits per heavy atom. The molecule has 1 N–H and O–H groups in total. The van der Waals surface area contributed by atoms with E-state index in [1.165, 1.54) is 38.9 Å². The van der Waals surface area contributed by atoms with Gasteiger partial charge in [-0.25, -0.2) is 0 Å². The lowest BCUT2D eigenvalue weighted by Crippen LogP contribution is -2.38. The first-order chi connectivity index (χ1) is 6.86. The number of likely N-dealkylation sites (N-methyl/N-ethyl adjacent to an activating group) is 1. The fraction of sp³-hybridized carbons (Fsp3) is 1.00. The maximum Gasteiger partial charge on any atom is 0.0469 e. The SMILES string of the molecule is CN(CC1CCOCC1)[C@H]1CCNC1. The molecule has 2 aliphatic rings. The highest BCUT2D eigenvalue weighted by Crippen LogP contribution is 2.17. The molecule has 0 amide bonds. The Kier molecular flexibility index (Phi) is 3.79. The predicted octanol–water partition coefficient (Wildman–Crippen LogP) is 0.707. The van der Waals surface area contributed by atoms with E-state index in [1.54, 1.807) is 0 Å². The van der Waals surface area contributed by atoms with E-state index in [1.807, 2.05) is 0 Å². The third-order valence-corrected chi connectivity index (χ3v) is 3.54. The number of nitrogens with one attached hydrogen (secondary N) is 1. The molecule has 2 aliphatic heterocycles. The van der Waals surface area contributed by atoms with Gasteiger partial charge in [0.2, 0.25) is 0 Å². The molecular weight excluding hydrogens is 176 g/mol. The van der Waals surface area contributed by atoms with E-state index < -0.39 is 0 Å². The first-order valence-electron chi connectivity index (χ1n) is 5.85. The van der Waals surface area contributed by atoms with Gasteiger partial charge in [-0.3, -0.25) is 0 Å². The molecule has 3 nitrogen and oxygen atoms in total. The number of rotatable bonds is 3. The van der Waals surface area contributed by atoms with E-state index in [4.69, 9.17) is 4.74 Å². The van der Waals surface area contributed by atoms with Gasteiger partial charge in [0.15, 0.2) is 0 Å². The van der Waals surface area contributed by atoms with E-state index in [9.17, 15) is 0 Å². The zero-order valence-corrected chi connectivity index (χ0v) is 9.17. The zero-order valence-electron chi connectivity index (χ0n) is 9.17. The Bertz CT molecular complexity index is 163. The summed E-state index contributed by atoms with van der Waals surface area (Å²) in [5.41, 5.74) is 0. The summed E-state index contributed by atoms with van der Waals surface area (Å²) in [6.07, 6.45) is 3.83. The Labute approximate surface area is 86.8 Å². The molecule has 0 spiro atoms. The van der Waals surface area contributed by atoms with Crippen molar-refractivity contribution in [1.29, 1.82) is 0 Å². The van der Waals surface area contributed by atoms with Crippen molar-refractivity contribution in [3.63, 3.8) is 0 Å². The molecule has 82 valence electrons. The lowest BCUT2D eigenvalue weighted by atomic mass is 9.99. The van der Waals surface area contributed by atoms with Gasteiger partial charge in [0.1, 0.15) is 0 Å². The molecule has 0 radical (unpaired) electrons. The molecule has 1 atom stereocenters. The number of ether oxygens (including phenoxy) is 1. The lowest BCUT2D eigenvalue weighted by Gasteiger charge is -2.30. The highest BCUT2D eigenvalue weighted by molar-refractivity contribution is 4.80. The van der Waals surface area contributed by atoms with Gasteiger partial charge in [-0.2, -0.15) is 0 Å². The topological polar surface area (TPSA) is 24.5 Å². The average molecular weight is 198 g/mol. The van der Waals surface area contributed by atoms with Crippen LogP contribution >= 0.6 is 0 Å². The first-order valence-corrected chi connectivity index (χ1v) is 5.85. The second kappa shape index (κ2) is 5.10. The number of hydrogen-bond acceptors (Lipinski definition) is 3. The van der Waals surface area contributed by atoms with Crippen LogP contribution < -0.4 is 5.32 Å². The highest BCUT2D eigenvalue weighted by atomic mass is 16.5. The van der Waals surface area contributed by atoms with Crippen LogP contribution in [0.4, 0.5) is 0 Å². The van der Waals surface area contributed by atoms with Crippen LogP contribution in [0.3, 0.4) is 0 Å². The van der Waals surface area contributed by atoms with Crippen LogP contribution in [-0.2, 0) is 4.74 Å². The monoisotopic (exact) mass is 198 g/mol. The van der Waals surface area contributed by atoms with Crippen molar-refractivity contribution < 1.29 is 4.74 Å². The summed E-state index contributed by atoms with van der Waals surface area (Å²) in [5.74, 6) is 0.870. The van der Waals surface area contributed by atoms with E-state index in [-0.39, 0.29) is 0 Å². The van der Waals surface area contributed by atoms with E-state index in [0.29, 0.717) is 0 Å².